The number of halogens is 1. The molecule has 2 rings (SSSR count). The monoisotopic (exact) mass is 446 g/mol. The van der Waals surface area contributed by atoms with E-state index in [4.69, 9.17) is 9.47 Å². The van der Waals surface area contributed by atoms with Gasteiger partial charge in [0.05, 0.1) is 25.8 Å². The summed E-state index contributed by atoms with van der Waals surface area (Å²) in [6.45, 7) is 0. The lowest BCUT2D eigenvalue weighted by Crippen LogP contribution is -2.36. The summed E-state index contributed by atoms with van der Waals surface area (Å²) < 4.78 is 36.7. The minimum Gasteiger partial charge on any atom is -0.481 e. The first-order valence-corrected chi connectivity index (χ1v) is 9.13. The maximum absolute atomic E-state index is 12.5. The molecule has 0 aliphatic carbocycles. The number of aromatic nitrogens is 3. The molecule has 0 saturated carbocycles. The molecular formula is C15H19ClN6O6S. The number of anilines is 1. The molecule has 2 N–H and O–H groups in total. The predicted octanol–water partition coefficient (Wildman–Crippen LogP) is 0.523. The SMILES string of the molecule is COc1cc(OC)nc(NC(=O)NS(=O)(=O)c2ncccc2C(=O)N(C)C)n1.Cl. The van der Waals surface area contributed by atoms with Crippen molar-refractivity contribution in [3.63, 3.8) is 0 Å². The lowest BCUT2D eigenvalue weighted by molar-refractivity contribution is 0.0823. The van der Waals surface area contributed by atoms with Crippen molar-refractivity contribution < 1.29 is 27.5 Å². The Morgan fingerprint density at radius 1 is 1.10 bits per heavy atom. The first kappa shape index (κ1) is 23.8. The van der Waals surface area contributed by atoms with Crippen molar-refractivity contribution in [1.29, 1.82) is 0 Å². The first-order chi connectivity index (χ1) is 13.2. The average Bonchev–Trinajstić information content (AvgIpc) is 2.66. The smallest absolute Gasteiger partial charge is 0.335 e. The number of nitrogens with one attached hydrogen (secondary N) is 2. The molecule has 3 amide bonds. The first-order valence-electron chi connectivity index (χ1n) is 7.65. The fourth-order valence-corrected chi connectivity index (χ4v) is 3.01. The molecule has 12 nitrogen and oxygen atoms in total. The molecule has 0 fully saturated rings. The zero-order chi connectivity index (χ0) is 20.9. The molecule has 2 aromatic rings. The molecule has 0 atom stereocenters. The molecular weight excluding hydrogens is 428 g/mol. The van der Waals surface area contributed by atoms with E-state index in [1.165, 1.54) is 57.6 Å². The van der Waals surface area contributed by atoms with Crippen LogP contribution in [0.15, 0.2) is 29.4 Å². The summed E-state index contributed by atoms with van der Waals surface area (Å²) in [5, 5.41) is 1.56. The Bertz CT molecular complexity index is 978. The normalized spacial score (nSPS) is 10.3. The van der Waals surface area contributed by atoms with Gasteiger partial charge in [0, 0.05) is 20.3 Å². The van der Waals surface area contributed by atoms with Gasteiger partial charge < -0.3 is 14.4 Å². The van der Waals surface area contributed by atoms with E-state index in [0.717, 1.165) is 0 Å². The second kappa shape index (κ2) is 9.84. The molecule has 0 aliphatic rings. The number of amides is 3. The van der Waals surface area contributed by atoms with Crippen LogP contribution in [0.1, 0.15) is 10.4 Å². The number of nitrogens with zero attached hydrogens (tertiary/aromatic N) is 4. The molecule has 2 aromatic heterocycles. The Labute approximate surface area is 173 Å². The van der Waals surface area contributed by atoms with Gasteiger partial charge >= 0.3 is 6.03 Å². The fraction of sp³-hybridized carbons (Fsp3) is 0.267. The maximum Gasteiger partial charge on any atom is 0.335 e. The third-order valence-electron chi connectivity index (χ3n) is 3.21. The number of methoxy groups -OCH3 is 2. The Balaban J connectivity index is 0.00000420. The summed E-state index contributed by atoms with van der Waals surface area (Å²) in [6, 6.07) is 2.90. The zero-order valence-corrected chi connectivity index (χ0v) is 17.5. The third-order valence-corrected chi connectivity index (χ3v) is 4.50. The molecule has 158 valence electrons. The summed E-state index contributed by atoms with van der Waals surface area (Å²) >= 11 is 0. The van der Waals surface area contributed by atoms with Crippen LogP contribution in [0.5, 0.6) is 11.8 Å². The molecule has 0 bridgehead atoms. The highest BCUT2D eigenvalue weighted by Crippen LogP contribution is 2.18. The lowest BCUT2D eigenvalue weighted by atomic mass is 10.2. The number of urea groups is 1. The van der Waals surface area contributed by atoms with Gasteiger partial charge in [0.25, 0.3) is 15.9 Å². The number of hydrogen-bond acceptors (Lipinski definition) is 9. The standard InChI is InChI=1S/C15H18N6O6S.ClH/c1-21(2)13(22)9-6-5-7-16-12(9)28(24,25)20-15(23)19-14-17-10(26-3)8-11(18-14)27-4;/h5-8H,1-4H3,(H2,17,18,19,20,23);1H. The molecule has 0 radical (unpaired) electrons. The van der Waals surface area contributed by atoms with Gasteiger partial charge in [-0.1, -0.05) is 0 Å². The molecule has 0 spiro atoms. The predicted molar refractivity (Wildman–Crippen MR) is 104 cm³/mol. The summed E-state index contributed by atoms with van der Waals surface area (Å²) in [7, 11) is 1.15. The lowest BCUT2D eigenvalue weighted by Gasteiger charge is -2.14. The van der Waals surface area contributed by atoms with Crippen LogP contribution in [-0.2, 0) is 10.0 Å². The van der Waals surface area contributed by atoms with E-state index in [1.807, 2.05) is 0 Å². The molecule has 0 aliphatic heterocycles. The van der Waals surface area contributed by atoms with Crippen LogP contribution >= 0.6 is 12.4 Å². The quantitative estimate of drug-likeness (QED) is 0.646. The van der Waals surface area contributed by atoms with Gasteiger partial charge in [-0.05, 0) is 12.1 Å². The molecule has 0 unspecified atom stereocenters. The van der Waals surface area contributed by atoms with Crippen LogP contribution in [0.25, 0.3) is 0 Å². The van der Waals surface area contributed by atoms with Crippen molar-refractivity contribution in [3.05, 3.63) is 30.0 Å². The number of hydrogen-bond donors (Lipinski definition) is 2. The van der Waals surface area contributed by atoms with Crippen molar-refractivity contribution in [2.75, 3.05) is 33.6 Å². The van der Waals surface area contributed by atoms with Gasteiger partial charge in [-0.2, -0.15) is 18.4 Å². The van der Waals surface area contributed by atoms with Gasteiger partial charge in [0.2, 0.25) is 17.7 Å². The van der Waals surface area contributed by atoms with E-state index in [9.17, 15) is 18.0 Å². The van der Waals surface area contributed by atoms with E-state index >= 15 is 0 Å². The summed E-state index contributed by atoms with van der Waals surface area (Å²) in [6.07, 6.45) is 1.19. The summed E-state index contributed by atoms with van der Waals surface area (Å²) in [4.78, 5) is 36.9. The van der Waals surface area contributed by atoms with Crippen LogP contribution in [0.2, 0.25) is 0 Å². The number of sulfonamides is 1. The third kappa shape index (κ3) is 5.89. The molecule has 14 heteroatoms. The van der Waals surface area contributed by atoms with Crippen LogP contribution in [0.4, 0.5) is 10.7 Å². The number of ether oxygens (including phenoxy) is 2. The maximum atomic E-state index is 12.5. The second-order valence-electron chi connectivity index (χ2n) is 5.39. The Hall–Kier alpha value is -3.19. The van der Waals surface area contributed by atoms with Crippen LogP contribution in [0, 0.1) is 0 Å². The molecule has 29 heavy (non-hydrogen) atoms. The highest BCUT2D eigenvalue weighted by Gasteiger charge is 2.27. The molecule has 0 aromatic carbocycles. The average molecular weight is 447 g/mol. The van der Waals surface area contributed by atoms with E-state index in [2.05, 4.69) is 20.3 Å². The van der Waals surface area contributed by atoms with E-state index in [-0.39, 0.29) is 35.7 Å². The van der Waals surface area contributed by atoms with Gasteiger partial charge in [-0.3, -0.25) is 10.1 Å². The van der Waals surface area contributed by atoms with Crippen molar-refractivity contribution in [1.82, 2.24) is 24.6 Å². The number of rotatable bonds is 6. The highest BCUT2D eigenvalue weighted by atomic mass is 35.5. The fourth-order valence-electron chi connectivity index (χ4n) is 1.98. The van der Waals surface area contributed by atoms with Crippen molar-refractivity contribution in [3.8, 4) is 11.8 Å². The van der Waals surface area contributed by atoms with Crippen LogP contribution in [0.3, 0.4) is 0 Å². The summed E-state index contributed by atoms with van der Waals surface area (Å²) in [5.74, 6) is -0.661. The van der Waals surface area contributed by atoms with Crippen molar-refractivity contribution in [2.24, 2.45) is 0 Å². The zero-order valence-electron chi connectivity index (χ0n) is 15.9. The molecule has 2 heterocycles. The Morgan fingerprint density at radius 3 is 2.21 bits per heavy atom. The Morgan fingerprint density at radius 2 is 1.69 bits per heavy atom. The number of pyridine rings is 1. The van der Waals surface area contributed by atoms with Crippen LogP contribution < -0.4 is 19.5 Å². The topological polar surface area (TPSA) is 153 Å². The van der Waals surface area contributed by atoms with E-state index in [1.54, 1.807) is 4.72 Å². The minimum absolute atomic E-state index is 0. The summed E-state index contributed by atoms with van der Waals surface area (Å²) in [5.41, 5.74) is -0.188. The van der Waals surface area contributed by atoms with E-state index in [0.29, 0.717) is 0 Å². The number of carbonyl (C=O) groups is 2. The van der Waals surface area contributed by atoms with Crippen molar-refractivity contribution in [2.45, 2.75) is 5.03 Å². The van der Waals surface area contributed by atoms with E-state index < -0.39 is 27.0 Å². The van der Waals surface area contributed by atoms with Crippen LogP contribution in [-0.4, -0.2) is 68.5 Å². The van der Waals surface area contributed by atoms with Gasteiger partial charge in [0.15, 0.2) is 5.03 Å². The highest BCUT2D eigenvalue weighted by molar-refractivity contribution is 7.90. The van der Waals surface area contributed by atoms with Gasteiger partial charge in [0.1, 0.15) is 0 Å². The Kier molecular flexibility index (Phi) is 8.09. The minimum atomic E-state index is -4.46. The number of carbonyl (C=O) groups excluding carboxylic acids is 2. The second-order valence-corrected chi connectivity index (χ2v) is 6.99. The van der Waals surface area contributed by atoms with Gasteiger partial charge in [-0.15, -0.1) is 12.4 Å². The molecule has 0 saturated heterocycles. The van der Waals surface area contributed by atoms with Gasteiger partial charge in [-0.25, -0.2) is 14.5 Å². The van der Waals surface area contributed by atoms with Crippen molar-refractivity contribution >= 4 is 40.3 Å². The largest absolute Gasteiger partial charge is 0.481 e.